The van der Waals surface area contributed by atoms with Crippen molar-refractivity contribution in [3.05, 3.63) is 90.5 Å². The average molecular weight is 418 g/mol. The molecule has 3 aromatic carbocycles. The summed E-state index contributed by atoms with van der Waals surface area (Å²) in [4.78, 5) is 37.6. The molecule has 31 heavy (non-hydrogen) atoms. The summed E-state index contributed by atoms with van der Waals surface area (Å²) in [5.41, 5.74) is 11.7. The highest BCUT2D eigenvalue weighted by Gasteiger charge is 2.25. The van der Waals surface area contributed by atoms with Gasteiger partial charge in [0.05, 0.1) is 6.54 Å². The highest BCUT2D eigenvalue weighted by molar-refractivity contribution is 5.98. The summed E-state index contributed by atoms with van der Waals surface area (Å²) in [5, 5.41) is 2.55. The predicted molar refractivity (Wildman–Crippen MR) is 117 cm³/mol. The number of carbonyl (C=O) groups is 3. The molecule has 5 N–H and O–H groups in total. The van der Waals surface area contributed by atoms with E-state index in [4.69, 9.17) is 16.2 Å². The smallest absolute Gasteiger partial charge is 0.319 e. The Labute approximate surface area is 179 Å². The Morgan fingerprint density at radius 1 is 0.806 bits per heavy atom. The SMILES string of the molecule is NC(=O)[C@H](CN(C(N)=O)c1ccccc1)NC(=O)c1ccc(Oc2ccccc2)cc1. The first-order valence-corrected chi connectivity index (χ1v) is 9.49. The van der Waals surface area contributed by atoms with E-state index in [-0.39, 0.29) is 6.54 Å². The number of hydrogen-bond donors (Lipinski definition) is 3. The minimum atomic E-state index is -1.14. The maximum atomic E-state index is 12.6. The molecular formula is C23H22N4O4. The van der Waals surface area contributed by atoms with E-state index in [1.54, 1.807) is 54.6 Å². The monoisotopic (exact) mass is 418 g/mol. The third-order valence-electron chi connectivity index (χ3n) is 4.44. The number of urea groups is 1. The quantitative estimate of drug-likeness (QED) is 0.519. The van der Waals surface area contributed by atoms with Gasteiger partial charge in [-0.2, -0.15) is 0 Å². The fraction of sp³-hybridized carbons (Fsp3) is 0.0870. The van der Waals surface area contributed by atoms with E-state index in [0.29, 0.717) is 22.7 Å². The van der Waals surface area contributed by atoms with Gasteiger partial charge in [-0.15, -0.1) is 0 Å². The number of benzene rings is 3. The molecule has 4 amide bonds. The summed E-state index contributed by atoms with van der Waals surface area (Å²) < 4.78 is 5.70. The van der Waals surface area contributed by atoms with Crippen molar-refractivity contribution in [2.24, 2.45) is 11.5 Å². The number of nitrogens with one attached hydrogen (secondary N) is 1. The summed E-state index contributed by atoms with van der Waals surface area (Å²) in [7, 11) is 0. The van der Waals surface area contributed by atoms with Gasteiger partial charge in [0, 0.05) is 11.3 Å². The van der Waals surface area contributed by atoms with Gasteiger partial charge in [-0.05, 0) is 48.5 Å². The summed E-state index contributed by atoms with van der Waals surface area (Å²) in [6.45, 7) is -0.199. The molecule has 0 fully saturated rings. The van der Waals surface area contributed by atoms with Crippen LogP contribution in [0.25, 0.3) is 0 Å². The van der Waals surface area contributed by atoms with Crippen LogP contribution < -0.4 is 26.4 Å². The van der Waals surface area contributed by atoms with E-state index >= 15 is 0 Å². The predicted octanol–water partition coefficient (Wildman–Crippen LogP) is 2.65. The molecule has 3 rings (SSSR count). The molecule has 3 aromatic rings. The standard InChI is InChI=1S/C23H22N4O4/c24-21(28)20(15-27(23(25)30)17-7-3-1-4-8-17)26-22(29)16-11-13-19(14-12-16)31-18-9-5-2-6-10-18/h1-14,20H,15H2,(H2,24,28)(H2,25,30)(H,26,29)/t20-/m0/s1. The van der Waals surface area contributed by atoms with Gasteiger partial charge < -0.3 is 21.5 Å². The lowest BCUT2D eigenvalue weighted by Crippen LogP contribution is -2.53. The van der Waals surface area contributed by atoms with Gasteiger partial charge in [-0.25, -0.2) is 4.79 Å². The second kappa shape index (κ2) is 9.93. The Morgan fingerprint density at radius 3 is 1.90 bits per heavy atom. The third kappa shape index (κ3) is 5.83. The largest absolute Gasteiger partial charge is 0.457 e. The van der Waals surface area contributed by atoms with Crippen LogP contribution in [0.4, 0.5) is 10.5 Å². The topological polar surface area (TPSA) is 128 Å². The molecule has 0 saturated heterocycles. The molecule has 8 nitrogen and oxygen atoms in total. The van der Waals surface area contributed by atoms with Crippen LogP contribution in [0.1, 0.15) is 10.4 Å². The Hall–Kier alpha value is -4.33. The first-order chi connectivity index (χ1) is 14.9. The van der Waals surface area contributed by atoms with Crippen molar-refractivity contribution in [3.63, 3.8) is 0 Å². The highest BCUT2D eigenvalue weighted by atomic mass is 16.5. The lowest BCUT2D eigenvalue weighted by atomic mass is 10.1. The van der Waals surface area contributed by atoms with Crippen LogP contribution in [0, 0.1) is 0 Å². The van der Waals surface area contributed by atoms with E-state index in [1.165, 1.54) is 4.90 Å². The molecule has 0 radical (unpaired) electrons. The number of nitrogens with zero attached hydrogens (tertiary/aromatic N) is 1. The van der Waals surface area contributed by atoms with Crippen molar-refractivity contribution in [1.82, 2.24) is 5.32 Å². The van der Waals surface area contributed by atoms with Crippen LogP contribution in [0.15, 0.2) is 84.9 Å². The van der Waals surface area contributed by atoms with Crippen molar-refractivity contribution in [2.45, 2.75) is 6.04 Å². The molecule has 1 atom stereocenters. The summed E-state index contributed by atoms with van der Waals surface area (Å²) >= 11 is 0. The fourth-order valence-corrected chi connectivity index (χ4v) is 2.86. The maximum absolute atomic E-state index is 12.6. The average Bonchev–Trinajstić information content (AvgIpc) is 2.78. The zero-order valence-electron chi connectivity index (χ0n) is 16.6. The van der Waals surface area contributed by atoms with Gasteiger partial charge in [-0.1, -0.05) is 36.4 Å². The summed E-state index contributed by atoms with van der Waals surface area (Å²) in [6, 6.07) is 22.3. The zero-order chi connectivity index (χ0) is 22.2. The van der Waals surface area contributed by atoms with Crippen LogP contribution in [0.2, 0.25) is 0 Å². The number of ether oxygens (including phenoxy) is 1. The van der Waals surface area contributed by atoms with Crippen LogP contribution in [0.5, 0.6) is 11.5 Å². The number of para-hydroxylation sites is 2. The van der Waals surface area contributed by atoms with E-state index in [1.807, 2.05) is 30.3 Å². The van der Waals surface area contributed by atoms with Crippen LogP contribution in [-0.4, -0.2) is 30.4 Å². The number of rotatable bonds is 8. The second-order valence-electron chi connectivity index (χ2n) is 6.65. The highest BCUT2D eigenvalue weighted by Crippen LogP contribution is 2.21. The molecular weight excluding hydrogens is 396 g/mol. The molecule has 0 heterocycles. The summed E-state index contributed by atoms with van der Waals surface area (Å²) in [5.74, 6) is -0.0914. The molecule has 0 aliphatic rings. The van der Waals surface area contributed by atoms with Gasteiger partial charge in [0.2, 0.25) is 5.91 Å². The van der Waals surface area contributed by atoms with Gasteiger partial charge in [0.15, 0.2) is 0 Å². The van der Waals surface area contributed by atoms with Crippen molar-refractivity contribution < 1.29 is 19.1 Å². The third-order valence-corrected chi connectivity index (χ3v) is 4.44. The Kier molecular flexibility index (Phi) is 6.85. The number of anilines is 1. The molecule has 0 saturated carbocycles. The fourth-order valence-electron chi connectivity index (χ4n) is 2.86. The van der Waals surface area contributed by atoms with Crippen molar-refractivity contribution >= 4 is 23.5 Å². The Morgan fingerprint density at radius 2 is 1.35 bits per heavy atom. The van der Waals surface area contributed by atoms with Crippen molar-refractivity contribution in [2.75, 3.05) is 11.4 Å². The van der Waals surface area contributed by atoms with E-state index in [0.717, 1.165) is 0 Å². The van der Waals surface area contributed by atoms with Gasteiger partial charge in [-0.3, -0.25) is 14.5 Å². The van der Waals surface area contributed by atoms with Crippen LogP contribution >= 0.6 is 0 Å². The normalized spacial score (nSPS) is 11.2. The Balaban J connectivity index is 1.68. The number of amides is 4. The first-order valence-electron chi connectivity index (χ1n) is 9.49. The lowest BCUT2D eigenvalue weighted by Gasteiger charge is -2.25. The minimum absolute atomic E-state index is 0.199. The number of hydrogen-bond acceptors (Lipinski definition) is 4. The molecule has 0 spiro atoms. The number of nitrogens with two attached hydrogens (primary N) is 2. The second-order valence-corrected chi connectivity index (χ2v) is 6.65. The zero-order valence-corrected chi connectivity index (χ0v) is 16.6. The van der Waals surface area contributed by atoms with E-state index in [9.17, 15) is 14.4 Å². The van der Waals surface area contributed by atoms with Crippen LogP contribution in [-0.2, 0) is 4.79 Å². The molecule has 158 valence electrons. The molecule has 0 unspecified atom stereocenters. The number of carbonyl (C=O) groups excluding carboxylic acids is 3. The molecule has 0 bridgehead atoms. The van der Waals surface area contributed by atoms with E-state index < -0.39 is 23.9 Å². The molecule has 0 aliphatic heterocycles. The van der Waals surface area contributed by atoms with E-state index in [2.05, 4.69) is 5.32 Å². The maximum Gasteiger partial charge on any atom is 0.319 e. The van der Waals surface area contributed by atoms with Gasteiger partial charge >= 0.3 is 6.03 Å². The van der Waals surface area contributed by atoms with Crippen molar-refractivity contribution in [1.29, 1.82) is 0 Å². The van der Waals surface area contributed by atoms with Crippen LogP contribution in [0.3, 0.4) is 0 Å². The lowest BCUT2D eigenvalue weighted by molar-refractivity contribution is -0.119. The van der Waals surface area contributed by atoms with Gasteiger partial charge in [0.25, 0.3) is 5.91 Å². The number of primary amides is 2. The molecule has 0 aromatic heterocycles. The molecule has 0 aliphatic carbocycles. The summed E-state index contributed by atoms with van der Waals surface area (Å²) in [6.07, 6.45) is 0. The Bertz CT molecular complexity index is 1040. The van der Waals surface area contributed by atoms with Crippen molar-refractivity contribution in [3.8, 4) is 11.5 Å². The van der Waals surface area contributed by atoms with Gasteiger partial charge in [0.1, 0.15) is 17.5 Å². The first kappa shape index (κ1) is 21.4. The minimum Gasteiger partial charge on any atom is -0.457 e. The molecule has 8 heteroatoms.